The molecule has 1 aromatic heterocycles. The monoisotopic (exact) mass is 528 g/mol. The predicted octanol–water partition coefficient (Wildman–Crippen LogP) is 2.69. The van der Waals surface area contributed by atoms with E-state index in [-0.39, 0.29) is 24.0 Å². The number of aliphatic imine (C=N–C) groups is 1. The summed E-state index contributed by atoms with van der Waals surface area (Å²) in [5, 5.41) is 10.8. The van der Waals surface area contributed by atoms with Gasteiger partial charge in [0.1, 0.15) is 0 Å². The third-order valence-corrected chi connectivity index (χ3v) is 4.70. The zero-order valence-electron chi connectivity index (χ0n) is 17.9. The van der Waals surface area contributed by atoms with Crippen molar-refractivity contribution in [3.8, 4) is 11.5 Å². The summed E-state index contributed by atoms with van der Waals surface area (Å²) in [6, 6.07) is 8.11. The van der Waals surface area contributed by atoms with E-state index < -0.39 is 0 Å². The van der Waals surface area contributed by atoms with Gasteiger partial charge < -0.3 is 19.9 Å². The molecule has 166 valence electrons. The van der Waals surface area contributed by atoms with Gasteiger partial charge in [0.25, 0.3) is 5.89 Å². The van der Waals surface area contributed by atoms with E-state index in [1.807, 2.05) is 12.1 Å². The molecular formula is C21H33IN6O2. The van der Waals surface area contributed by atoms with Crippen molar-refractivity contribution in [2.24, 2.45) is 4.99 Å². The highest BCUT2D eigenvalue weighted by atomic mass is 127. The number of benzene rings is 1. The lowest BCUT2D eigenvalue weighted by molar-refractivity contribution is 0.0389. The van der Waals surface area contributed by atoms with Crippen LogP contribution in [0.5, 0.6) is 0 Å². The first-order chi connectivity index (χ1) is 14.3. The van der Waals surface area contributed by atoms with Crippen LogP contribution in [0.2, 0.25) is 0 Å². The Hall–Kier alpha value is -1.72. The largest absolute Gasteiger partial charge is 0.379 e. The van der Waals surface area contributed by atoms with Crippen molar-refractivity contribution in [3.63, 3.8) is 0 Å². The van der Waals surface area contributed by atoms with E-state index in [0.29, 0.717) is 12.4 Å². The highest BCUT2D eigenvalue weighted by molar-refractivity contribution is 14.0. The van der Waals surface area contributed by atoms with Gasteiger partial charge in [0, 0.05) is 44.7 Å². The van der Waals surface area contributed by atoms with Crippen LogP contribution in [-0.4, -0.2) is 66.9 Å². The molecule has 0 atom stereocenters. The lowest BCUT2D eigenvalue weighted by Crippen LogP contribution is -2.44. The second-order valence-corrected chi connectivity index (χ2v) is 7.04. The Morgan fingerprint density at radius 1 is 1.20 bits per heavy atom. The van der Waals surface area contributed by atoms with E-state index in [1.165, 1.54) is 0 Å². The third kappa shape index (κ3) is 7.84. The van der Waals surface area contributed by atoms with Crippen molar-refractivity contribution in [3.05, 3.63) is 35.7 Å². The zero-order chi connectivity index (χ0) is 20.3. The molecule has 0 spiro atoms. The Labute approximate surface area is 195 Å². The number of guanidine groups is 1. The number of aryl methyl sites for hydroxylation is 1. The number of nitrogens with zero attached hydrogens (tertiary/aromatic N) is 4. The van der Waals surface area contributed by atoms with Gasteiger partial charge in [-0.1, -0.05) is 24.2 Å². The van der Waals surface area contributed by atoms with Gasteiger partial charge in [0.2, 0.25) is 0 Å². The number of nitrogens with one attached hydrogen (secondary N) is 2. The normalized spacial score (nSPS) is 14.9. The third-order valence-electron chi connectivity index (χ3n) is 4.70. The van der Waals surface area contributed by atoms with Crippen LogP contribution in [0.15, 0.2) is 33.8 Å². The van der Waals surface area contributed by atoms with Gasteiger partial charge in [0.05, 0.1) is 19.8 Å². The average Bonchev–Trinajstić information content (AvgIpc) is 3.22. The molecule has 0 amide bonds. The molecular weight excluding hydrogens is 495 g/mol. The highest BCUT2D eigenvalue weighted by Crippen LogP contribution is 2.19. The highest BCUT2D eigenvalue weighted by Gasteiger charge is 2.10. The van der Waals surface area contributed by atoms with Gasteiger partial charge in [-0.05, 0) is 31.0 Å². The molecule has 30 heavy (non-hydrogen) atoms. The molecule has 8 nitrogen and oxygen atoms in total. The van der Waals surface area contributed by atoms with E-state index in [9.17, 15) is 0 Å². The van der Waals surface area contributed by atoms with Gasteiger partial charge in [0.15, 0.2) is 11.8 Å². The molecule has 3 rings (SSSR count). The van der Waals surface area contributed by atoms with Crippen molar-refractivity contribution in [1.82, 2.24) is 25.7 Å². The zero-order valence-corrected chi connectivity index (χ0v) is 20.2. The number of rotatable bonds is 9. The molecule has 1 saturated heterocycles. The molecule has 2 aromatic rings. The minimum atomic E-state index is 0. The van der Waals surface area contributed by atoms with Crippen LogP contribution in [-0.2, 0) is 17.7 Å². The number of aromatic nitrogens is 2. The maximum absolute atomic E-state index is 5.40. The summed E-state index contributed by atoms with van der Waals surface area (Å²) < 4.78 is 10.8. The molecule has 1 fully saturated rings. The number of hydrogen-bond acceptors (Lipinski definition) is 6. The molecule has 1 aliphatic heterocycles. The quantitative estimate of drug-likeness (QED) is 0.294. The Morgan fingerprint density at radius 2 is 2.03 bits per heavy atom. The fourth-order valence-electron chi connectivity index (χ4n) is 3.17. The van der Waals surface area contributed by atoms with Gasteiger partial charge in [-0.25, -0.2) is 4.99 Å². The molecule has 1 aromatic carbocycles. The Morgan fingerprint density at radius 3 is 2.80 bits per heavy atom. The smallest absolute Gasteiger partial charge is 0.257 e. The topological polar surface area (TPSA) is 87.8 Å². The van der Waals surface area contributed by atoms with Crippen LogP contribution in [0, 0.1) is 0 Å². The molecule has 0 bridgehead atoms. The van der Waals surface area contributed by atoms with Crippen LogP contribution in [0.25, 0.3) is 11.5 Å². The molecule has 2 heterocycles. The van der Waals surface area contributed by atoms with Crippen LogP contribution < -0.4 is 10.6 Å². The maximum atomic E-state index is 5.40. The van der Waals surface area contributed by atoms with E-state index in [4.69, 9.17) is 14.3 Å². The lowest BCUT2D eigenvalue weighted by atomic mass is 10.1. The molecule has 9 heteroatoms. The summed E-state index contributed by atoms with van der Waals surface area (Å²) >= 11 is 0. The van der Waals surface area contributed by atoms with Crippen LogP contribution in [0.1, 0.15) is 31.7 Å². The minimum absolute atomic E-state index is 0. The fraction of sp³-hybridized carbons (Fsp3) is 0.571. The van der Waals surface area contributed by atoms with E-state index in [0.717, 1.165) is 81.7 Å². The molecule has 2 N–H and O–H groups in total. The van der Waals surface area contributed by atoms with Crippen LogP contribution in [0.3, 0.4) is 0 Å². The van der Waals surface area contributed by atoms with Crippen molar-refractivity contribution < 1.29 is 9.26 Å². The molecule has 0 aliphatic carbocycles. The summed E-state index contributed by atoms with van der Waals surface area (Å²) in [7, 11) is 0. The van der Waals surface area contributed by atoms with Crippen molar-refractivity contribution in [1.29, 1.82) is 0 Å². The standard InChI is InChI=1S/C21H32N6O2.HI/c1-3-6-19-25-20(29-26-19)18-8-5-7-17(15-18)16-24-21(22-4-2)23-9-10-27-11-13-28-14-12-27;/h5,7-8,15H,3-4,6,9-14,16H2,1-2H3,(H2,22,23,24);1H. The van der Waals surface area contributed by atoms with Crippen molar-refractivity contribution in [2.75, 3.05) is 45.9 Å². The van der Waals surface area contributed by atoms with Gasteiger partial charge in [-0.3, -0.25) is 4.90 Å². The van der Waals surface area contributed by atoms with Crippen LogP contribution in [0.4, 0.5) is 0 Å². The first-order valence-corrected chi connectivity index (χ1v) is 10.5. The summed E-state index contributed by atoms with van der Waals surface area (Å²) in [4.78, 5) is 11.6. The number of morpholine rings is 1. The minimum Gasteiger partial charge on any atom is -0.379 e. The van der Waals surface area contributed by atoms with Crippen molar-refractivity contribution in [2.45, 2.75) is 33.2 Å². The first kappa shape index (κ1) is 24.5. The average molecular weight is 528 g/mol. The summed E-state index contributed by atoms with van der Waals surface area (Å²) in [6.45, 7) is 11.1. The predicted molar refractivity (Wildman–Crippen MR) is 129 cm³/mol. The first-order valence-electron chi connectivity index (χ1n) is 10.5. The molecule has 1 aliphatic rings. The van der Waals surface area contributed by atoms with Gasteiger partial charge >= 0.3 is 0 Å². The molecule has 0 unspecified atom stereocenters. The van der Waals surface area contributed by atoms with Gasteiger partial charge in [-0.2, -0.15) is 4.98 Å². The summed E-state index contributed by atoms with van der Waals surface area (Å²) in [5.74, 6) is 2.15. The Kier molecular flexibility index (Phi) is 11.1. The van der Waals surface area contributed by atoms with Crippen LogP contribution >= 0.6 is 24.0 Å². The summed E-state index contributed by atoms with van der Waals surface area (Å²) in [5.41, 5.74) is 2.03. The Bertz CT molecular complexity index is 776. The Balaban J connectivity index is 0.00000320. The number of hydrogen-bond donors (Lipinski definition) is 2. The van der Waals surface area contributed by atoms with Crippen molar-refractivity contribution >= 4 is 29.9 Å². The summed E-state index contributed by atoms with van der Waals surface area (Å²) in [6.07, 6.45) is 1.83. The molecule has 0 radical (unpaired) electrons. The fourth-order valence-corrected chi connectivity index (χ4v) is 3.17. The van der Waals surface area contributed by atoms with Gasteiger partial charge in [-0.15, -0.1) is 24.0 Å². The lowest BCUT2D eigenvalue weighted by Gasteiger charge is -2.26. The number of ether oxygens (including phenoxy) is 1. The second-order valence-electron chi connectivity index (χ2n) is 7.04. The van der Waals surface area contributed by atoms with E-state index in [1.54, 1.807) is 0 Å². The van der Waals surface area contributed by atoms with E-state index >= 15 is 0 Å². The number of halogens is 1. The van der Waals surface area contributed by atoms with E-state index in [2.05, 4.69) is 51.7 Å². The molecule has 0 saturated carbocycles. The second kappa shape index (κ2) is 13.6. The SMILES string of the molecule is CCCc1noc(-c2cccc(CN=C(NCC)NCCN3CCOCC3)c2)n1.I. The maximum Gasteiger partial charge on any atom is 0.257 e.